The number of halogens is 3. The Bertz CT molecular complexity index is 783. The minimum atomic E-state index is -0.605. The van der Waals surface area contributed by atoms with Crippen LogP contribution in [-0.2, 0) is 0 Å². The molecular weight excluding hydrogens is 272 g/mol. The monoisotopic (exact) mass is 279 g/mol. The second kappa shape index (κ2) is 4.20. The molecule has 3 aromatic rings. The largest absolute Gasteiger partial charge is 0.369 e. The van der Waals surface area contributed by atoms with Gasteiger partial charge in [-0.05, 0) is 18.2 Å². The highest BCUT2D eigenvalue weighted by Gasteiger charge is 2.15. The van der Waals surface area contributed by atoms with Crippen LogP contribution in [0.25, 0.3) is 16.7 Å². The van der Waals surface area contributed by atoms with E-state index in [2.05, 4.69) is 4.98 Å². The number of nitrogen functional groups attached to an aromatic ring is 1. The molecular formula is C13H8ClF2N3. The number of rotatable bonds is 1. The number of anilines is 1. The highest BCUT2D eigenvalue weighted by molar-refractivity contribution is 6.31. The smallest absolute Gasteiger partial charge is 0.206 e. The molecule has 0 saturated carbocycles. The molecule has 3 nitrogen and oxygen atoms in total. The molecule has 0 amide bonds. The molecule has 0 aliphatic heterocycles. The number of nitrogens with zero attached hydrogens (tertiary/aromatic N) is 2. The Morgan fingerprint density at radius 1 is 1.11 bits per heavy atom. The van der Waals surface area contributed by atoms with Crippen LogP contribution in [0, 0.1) is 11.6 Å². The van der Waals surface area contributed by atoms with E-state index in [1.807, 2.05) is 0 Å². The number of para-hydroxylation sites is 1. The molecule has 0 aliphatic rings. The van der Waals surface area contributed by atoms with Crippen molar-refractivity contribution in [1.82, 2.24) is 9.55 Å². The first-order valence-electron chi connectivity index (χ1n) is 5.46. The zero-order chi connectivity index (χ0) is 13.6. The highest BCUT2D eigenvalue weighted by Crippen LogP contribution is 2.28. The van der Waals surface area contributed by atoms with E-state index < -0.39 is 11.6 Å². The van der Waals surface area contributed by atoms with E-state index in [0.717, 1.165) is 0 Å². The molecule has 0 aliphatic carbocycles. The average molecular weight is 280 g/mol. The van der Waals surface area contributed by atoms with Gasteiger partial charge in [-0.2, -0.15) is 0 Å². The van der Waals surface area contributed by atoms with Crippen LogP contribution in [0.5, 0.6) is 0 Å². The number of nitrogens with two attached hydrogens (primary N) is 1. The Kier molecular flexibility index (Phi) is 2.64. The first-order chi connectivity index (χ1) is 9.08. The van der Waals surface area contributed by atoms with Crippen LogP contribution in [0.1, 0.15) is 0 Å². The maximum absolute atomic E-state index is 13.8. The van der Waals surface area contributed by atoms with E-state index in [9.17, 15) is 8.78 Å². The second-order valence-corrected chi connectivity index (χ2v) is 4.42. The van der Waals surface area contributed by atoms with Crippen LogP contribution in [-0.4, -0.2) is 9.55 Å². The molecule has 0 bridgehead atoms. The Morgan fingerprint density at radius 3 is 2.58 bits per heavy atom. The zero-order valence-corrected chi connectivity index (χ0v) is 10.3. The number of hydrogen-bond acceptors (Lipinski definition) is 2. The van der Waals surface area contributed by atoms with Crippen molar-refractivity contribution in [2.24, 2.45) is 0 Å². The van der Waals surface area contributed by atoms with Gasteiger partial charge in [0.1, 0.15) is 11.6 Å². The summed E-state index contributed by atoms with van der Waals surface area (Å²) in [5.74, 6) is -1.00. The lowest BCUT2D eigenvalue weighted by atomic mass is 10.2. The number of benzene rings is 2. The molecule has 0 atom stereocenters. The molecule has 0 radical (unpaired) electrons. The van der Waals surface area contributed by atoms with Crippen LogP contribution in [0.3, 0.4) is 0 Å². The maximum Gasteiger partial charge on any atom is 0.206 e. The molecule has 1 aromatic heterocycles. The molecule has 0 saturated heterocycles. The maximum atomic E-state index is 13.8. The van der Waals surface area contributed by atoms with Gasteiger partial charge in [0.05, 0.1) is 21.7 Å². The van der Waals surface area contributed by atoms with Gasteiger partial charge < -0.3 is 5.73 Å². The lowest BCUT2D eigenvalue weighted by Crippen LogP contribution is -2.02. The summed E-state index contributed by atoms with van der Waals surface area (Å²) in [6.07, 6.45) is 0. The molecule has 0 fully saturated rings. The number of hydrogen-bond donors (Lipinski definition) is 1. The molecule has 3 rings (SSSR count). The molecule has 1 heterocycles. The van der Waals surface area contributed by atoms with E-state index in [1.54, 1.807) is 18.2 Å². The van der Waals surface area contributed by atoms with Crippen molar-refractivity contribution in [2.45, 2.75) is 0 Å². The number of aromatic nitrogens is 2. The van der Waals surface area contributed by atoms with Crippen LogP contribution < -0.4 is 5.73 Å². The fraction of sp³-hybridized carbons (Fsp3) is 0. The van der Waals surface area contributed by atoms with Gasteiger partial charge >= 0.3 is 0 Å². The predicted molar refractivity (Wildman–Crippen MR) is 70.4 cm³/mol. The van der Waals surface area contributed by atoms with Crippen molar-refractivity contribution in [3.63, 3.8) is 0 Å². The van der Waals surface area contributed by atoms with Gasteiger partial charge in [-0.15, -0.1) is 0 Å². The van der Waals surface area contributed by atoms with Gasteiger partial charge in [0.15, 0.2) is 0 Å². The summed E-state index contributed by atoms with van der Waals surface area (Å²) in [4.78, 5) is 4.06. The summed E-state index contributed by atoms with van der Waals surface area (Å²) in [7, 11) is 0. The summed E-state index contributed by atoms with van der Waals surface area (Å²) in [6, 6.07) is 8.61. The molecule has 2 N–H and O–H groups in total. The molecule has 6 heteroatoms. The van der Waals surface area contributed by atoms with Gasteiger partial charge in [0.25, 0.3) is 0 Å². The fourth-order valence-electron chi connectivity index (χ4n) is 1.98. The molecule has 96 valence electrons. The van der Waals surface area contributed by atoms with E-state index >= 15 is 0 Å². The van der Waals surface area contributed by atoms with Gasteiger partial charge in [0.2, 0.25) is 5.95 Å². The van der Waals surface area contributed by atoms with Crippen molar-refractivity contribution in [3.8, 4) is 5.69 Å². The van der Waals surface area contributed by atoms with Crippen LogP contribution >= 0.6 is 11.6 Å². The van der Waals surface area contributed by atoms with Crippen LogP contribution in [0.2, 0.25) is 5.02 Å². The Morgan fingerprint density at radius 2 is 1.84 bits per heavy atom. The minimum absolute atomic E-state index is 0.0503. The van der Waals surface area contributed by atoms with E-state index in [0.29, 0.717) is 11.0 Å². The van der Waals surface area contributed by atoms with E-state index in [-0.39, 0.29) is 16.7 Å². The standard InChI is InChI=1S/C13H8ClF2N3/c14-7-5-10-12(6-9(7)16)19(13(17)18-10)11-4-2-1-3-8(11)15/h1-6H,(H2,17,18). The summed E-state index contributed by atoms with van der Waals surface area (Å²) < 4.78 is 28.7. The fourth-order valence-corrected chi connectivity index (χ4v) is 2.14. The van der Waals surface area contributed by atoms with Gasteiger partial charge in [-0.1, -0.05) is 23.7 Å². The zero-order valence-electron chi connectivity index (χ0n) is 9.57. The summed E-state index contributed by atoms with van der Waals surface area (Å²) in [6.45, 7) is 0. The van der Waals surface area contributed by atoms with Crippen LogP contribution in [0.4, 0.5) is 14.7 Å². The first-order valence-corrected chi connectivity index (χ1v) is 5.83. The average Bonchev–Trinajstić information content (AvgIpc) is 2.66. The Balaban J connectivity index is 2.38. The third kappa shape index (κ3) is 1.82. The topological polar surface area (TPSA) is 43.8 Å². The van der Waals surface area contributed by atoms with Crippen molar-refractivity contribution in [1.29, 1.82) is 0 Å². The molecule has 0 spiro atoms. The van der Waals surface area contributed by atoms with Crippen LogP contribution in [0.15, 0.2) is 36.4 Å². The molecule has 19 heavy (non-hydrogen) atoms. The lowest BCUT2D eigenvalue weighted by Gasteiger charge is -2.07. The first kappa shape index (κ1) is 11.9. The minimum Gasteiger partial charge on any atom is -0.369 e. The SMILES string of the molecule is Nc1nc2cc(Cl)c(F)cc2n1-c1ccccc1F. The van der Waals surface area contributed by atoms with Crippen molar-refractivity contribution in [2.75, 3.05) is 5.73 Å². The second-order valence-electron chi connectivity index (χ2n) is 4.01. The van der Waals surface area contributed by atoms with Crippen molar-refractivity contribution < 1.29 is 8.78 Å². The molecule has 0 unspecified atom stereocenters. The highest BCUT2D eigenvalue weighted by atomic mass is 35.5. The summed E-state index contributed by atoms with van der Waals surface area (Å²) in [5, 5.41) is -0.0503. The predicted octanol–water partition coefficient (Wildman–Crippen LogP) is 3.54. The van der Waals surface area contributed by atoms with Gasteiger partial charge in [0, 0.05) is 6.07 Å². The van der Waals surface area contributed by atoms with Crippen molar-refractivity contribution >= 4 is 28.6 Å². The quantitative estimate of drug-likeness (QED) is 0.740. The Labute approximate surface area is 112 Å². The summed E-state index contributed by atoms with van der Waals surface area (Å²) in [5.41, 5.74) is 6.76. The van der Waals surface area contributed by atoms with E-state index in [4.69, 9.17) is 17.3 Å². The third-order valence-corrected chi connectivity index (χ3v) is 3.11. The third-order valence-electron chi connectivity index (χ3n) is 2.82. The Hall–Kier alpha value is -2.14. The summed E-state index contributed by atoms with van der Waals surface area (Å²) >= 11 is 5.69. The van der Waals surface area contributed by atoms with Gasteiger partial charge in [-0.3, -0.25) is 4.57 Å². The normalized spacial score (nSPS) is 11.1. The van der Waals surface area contributed by atoms with E-state index in [1.165, 1.54) is 22.8 Å². The van der Waals surface area contributed by atoms with Gasteiger partial charge in [-0.25, -0.2) is 13.8 Å². The number of fused-ring (bicyclic) bond motifs is 1. The van der Waals surface area contributed by atoms with Crippen molar-refractivity contribution in [3.05, 3.63) is 53.1 Å². The number of imidazole rings is 1. The molecule has 2 aromatic carbocycles. The lowest BCUT2D eigenvalue weighted by molar-refractivity contribution is 0.618.